The van der Waals surface area contributed by atoms with Crippen molar-refractivity contribution in [2.45, 2.75) is 39.5 Å². The number of nitrogens with one attached hydrogen (secondary N) is 1. The number of hydrogen-bond acceptors (Lipinski definition) is 3. The van der Waals surface area contributed by atoms with Crippen molar-refractivity contribution in [2.24, 2.45) is 11.3 Å². The SMILES string of the molecule is CCC(CC)(CNC)CN(C)CC1CCOCC1. The normalized spacial score (nSPS) is 18.5. The molecule has 0 aromatic carbocycles. The molecule has 3 nitrogen and oxygen atoms in total. The predicted octanol–water partition coefficient (Wildman–Crippen LogP) is 2.37. The van der Waals surface area contributed by atoms with Crippen molar-refractivity contribution < 1.29 is 4.74 Å². The van der Waals surface area contributed by atoms with Crippen molar-refractivity contribution in [3.8, 4) is 0 Å². The molecule has 108 valence electrons. The molecule has 1 aliphatic heterocycles. The summed E-state index contributed by atoms with van der Waals surface area (Å²) in [5.41, 5.74) is 0.439. The number of hydrogen-bond donors (Lipinski definition) is 1. The van der Waals surface area contributed by atoms with E-state index in [1.807, 2.05) is 0 Å². The predicted molar refractivity (Wildman–Crippen MR) is 78.0 cm³/mol. The molecule has 0 bridgehead atoms. The lowest BCUT2D eigenvalue weighted by Crippen LogP contribution is -2.43. The number of rotatable bonds is 8. The van der Waals surface area contributed by atoms with Gasteiger partial charge in [0, 0.05) is 32.8 Å². The summed E-state index contributed by atoms with van der Waals surface area (Å²) in [4.78, 5) is 2.54. The maximum absolute atomic E-state index is 5.43. The van der Waals surface area contributed by atoms with Gasteiger partial charge in [0.1, 0.15) is 0 Å². The van der Waals surface area contributed by atoms with E-state index in [1.54, 1.807) is 0 Å². The molecule has 0 aromatic heterocycles. The summed E-state index contributed by atoms with van der Waals surface area (Å²) < 4.78 is 5.43. The highest BCUT2D eigenvalue weighted by Crippen LogP contribution is 2.27. The lowest BCUT2D eigenvalue weighted by atomic mass is 9.81. The van der Waals surface area contributed by atoms with Crippen molar-refractivity contribution in [1.82, 2.24) is 10.2 Å². The average Bonchev–Trinajstić information content (AvgIpc) is 2.39. The van der Waals surface area contributed by atoms with Crippen LogP contribution >= 0.6 is 0 Å². The Kier molecular flexibility index (Phi) is 7.20. The van der Waals surface area contributed by atoms with Crippen molar-refractivity contribution in [2.75, 3.05) is 46.9 Å². The molecule has 0 spiro atoms. The zero-order valence-electron chi connectivity index (χ0n) is 12.8. The fourth-order valence-corrected chi connectivity index (χ4v) is 3.16. The molecule has 0 aromatic rings. The second-order valence-electron chi connectivity index (χ2n) is 5.99. The van der Waals surface area contributed by atoms with Gasteiger partial charge in [-0.3, -0.25) is 0 Å². The first-order valence-electron chi connectivity index (χ1n) is 7.56. The van der Waals surface area contributed by atoms with Gasteiger partial charge in [-0.25, -0.2) is 0 Å². The molecule has 1 N–H and O–H groups in total. The number of nitrogens with zero attached hydrogens (tertiary/aromatic N) is 1. The first-order chi connectivity index (χ1) is 8.65. The molecule has 1 saturated heterocycles. The Morgan fingerprint density at radius 2 is 1.83 bits per heavy atom. The Hall–Kier alpha value is -0.120. The van der Waals surface area contributed by atoms with Crippen LogP contribution in [0, 0.1) is 11.3 Å². The van der Waals surface area contributed by atoms with Crippen LogP contribution in [0.3, 0.4) is 0 Å². The van der Waals surface area contributed by atoms with E-state index >= 15 is 0 Å². The topological polar surface area (TPSA) is 24.5 Å². The maximum atomic E-state index is 5.43. The van der Waals surface area contributed by atoms with Gasteiger partial charge in [-0.1, -0.05) is 13.8 Å². The van der Waals surface area contributed by atoms with Gasteiger partial charge in [-0.15, -0.1) is 0 Å². The molecule has 3 heteroatoms. The van der Waals surface area contributed by atoms with Gasteiger partial charge in [0.25, 0.3) is 0 Å². The summed E-state index contributed by atoms with van der Waals surface area (Å²) in [6.45, 7) is 10.1. The lowest BCUT2D eigenvalue weighted by molar-refractivity contribution is 0.0484. The smallest absolute Gasteiger partial charge is 0.0469 e. The quantitative estimate of drug-likeness (QED) is 0.721. The second kappa shape index (κ2) is 8.13. The van der Waals surface area contributed by atoms with Crippen LogP contribution in [0.25, 0.3) is 0 Å². The Labute approximate surface area is 113 Å². The van der Waals surface area contributed by atoms with Gasteiger partial charge in [0.15, 0.2) is 0 Å². The fraction of sp³-hybridized carbons (Fsp3) is 1.00. The molecule has 0 amide bonds. The zero-order valence-corrected chi connectivity index (χ0v) is 12.8. The highest BCUT2D eigenvalue weighted by Gasteiger charge is 2.28. The van der Waals surface area contributed by atoms with E-state index in [0.29, 0.717) is 5.41 Å². The Morgan fingerprint density at radius 1 is 1.22 bits per heavy atom. The third-order valence-corrected chi connectivity index (χ3v) is 4.57. The Balaban J connectivity index is 2.41. The third kappa shape index (κ3) is 4.87. The minimum Gasteiger partial charge on any atom is -0.381 e. The minimum absolute atomic E-state index is 0.439. The van der Waals surface area contributed by atoms with Gasteiger partial charge in [-0.2, -0.15) is 0 Å². The fourth-order valence-electron chi connectivity index (χ4n) is 3.16. The molecule has 1 fully saturated rings. The molecule has 0 atom stereocenters. The van der Waals surface area contributed by atoms with E-state index in [1.165, 1.54) is 38.8 Å². The van der Waals surface area contributed by atoms with Crippen LogP contribution in [0.4, 0.5) is 0 Å². The summed E-state index contributed by atoms with van der Waals surface area (Å²) in [5, 5.41) is 3.37. The summed E-state index contributed by atoms with van der Waals surface area (Å²) in [5.74, 6) is 0.838. The molecule has 1 heterocycles. The van der Waals surface area contributed by atoms with Crippen LogP contribution in [-0.4, -0.2) is 51.8 Å². The first-order valence-corrected chi connectivity index (χ1v) is 7.56. The zero-order chi connectivity index (χ0) is 13.4. The van der Waals surface area contributed by atoms with Crippen molar-refractivity contribution in [3.05, 3.63) is 0 Å². The molecule has 0 radical (unpaired) electrons. The van der Waals surface area contributed by atoms with Crippen LogP contribution in [0.2, 0.25) is 0 Å². The standard InChI is InChI=1S/C15H32N2O/c1-5-15(6-2,12-16-3)13-17(4)11-14-7-9-18-10-8-14/h14,16H,5-13H2,1-4H3. The monoisotopic (exact) mass is 256 g/mol. The van der Waals surface area contributed by atoms with E-state index < -0.39 is 0 Å². The highest BCUT2D eigenvalue weighted by atomic mass is 16.5. The second-order valence-corrected chi connectivity index (χ2v) is 5.99. The summed E-state index contributed by atoms with van der Waals surface area (Å²) in [6, 6.07) is 0. The highest BCUT2D eigenvalue weighted by molar-refractivity contribution is 4.82. The van der Waals surface area contributed by atoms with Gasteiger partial charge in [0.05, 0.1) is 0 Å². The Morgan fingerprint density at radius 3 is 2.33 bits per heavy atom. The van der Waals surface area contributed by atoms with Crippen molar-refractivity contribution in [1.29, 1.82) is 0 Å². The van der Waals surface area contributed by atoms with Crippen LogP contribution in [0.15, 0.2) is 0 Å². The number of ether oxygens (including phenoxy) is 1. The maximum Gasteiger partial charge on any atom is 0.0469 e. The largest absolute Gasteiger partial charge is 0.381 e. The van der Waals surface area contributed by atoms with Gasteiger partial charge < -0.3 is 15.0 Å². The van der Waals surface area contributed by atoms with Crippen LogP contribution < -0.4 is 5.32 Å². The minimum atomic E-state index is 0.439. The summed E-state index contributed by atoms with van der Waals surface area (Å²) >= 11 is 0. The van der Waals surface area contributed by atoms with E-state index in [2.05, 4.69) is 38.2 Å². The molecule has 0 aliphatic carbocycles. The van der Waals surface area contributed by atoms with Crippen molar-refractivity contribution >= 4 is 0 Å². The molecular weight excluding hydrogens is 224 g/mol. The molecule has 18 heavy (non-hydrogen) atoms. The van der Waals surface area contributed by atoms with Crippen LogP contribution in [0.5, 0.6) is 0 Å². The van der Waals surface area contributed by atoms with E-state index in [0.717, 1.165) is 25.7 Å². The van der Waals surface area contributed by atoms with E-state index in [-0.39, 0.29) is 0 Å². The van der Waals surface area contributed by atoms with E-state index in [9.17, 15) is 0 Å². The first kappa shape index (κ1) is 15.9. The van der Waals surface area contributed by atoms with E-state index in [4.69, 9.17) is 4.74 Å². The summed E-state index contributed by atoms with van der Waals surface area (Å²) in [7, 11) is 4.35. The summed E-state index contributed by atoms with van der Waals surface area (Å²) in [6.07, 6.45) is 4.98. The molecule has 1 rings (SSSR count). The van der Waals surface area contributed by atoms with Crippen LogP contribution in [-0.2, 0) is 4.74 Å². The Bertz CT molecular complexity index is 211. The van der Waals surface area contributed by atoms with Gasteiger partial charge >= 0.3 is 0 Å². The van der Waals surface area contributed by atoms with Crippen LogP contribution in [0.1, 0.15) is 39.5 Å². The molecule has 0 saturated carbocycles. The van der Waals surface area contributed by atoms with Crippen molar-refractivity contribution in [3.63, 3.8) is 0 Å². The van der Waals surface area contributed by atoms with Gasteiger partial charge in [-0.05, 0) is 51.1 Å². The molecular formula is C15H32N2O. The third-order valence-electron chi connectivity index (χ3n) is 4.57. The average molecular weight is 256 g/mol. The lowest BCUT2D eigenvalue weighted by Gasteiger charge is -2.37. The molecule has 0 unspecified atom stereocenters. The molecule has 1 aliphatic rings. The van der Waals surface area contributed by atoms with Gasteiger partial charge in [0.2, 0.25) is 0 Å².